The summed E-state index contributed by atoms with van der Waals surface area (Å²) in [6.45, 7) is 18.2. The maximum Gasteiger partial charge on any atom is 0.407 e. The number of piperazine rings is 1. The van der Waals surface area contributed by atoms with Crippen molar-refractivity contribution in [3.8, 4) is 0 Å². The summed E-state index contributed by atoms with van der Waals surface area (Å²) in [7, 11) is 0. The summed E-state index contributed by atoms with van der Waals surface area (Å²) in [5.41, 5.74) is 0. The smallest absolute Gasteiger partial charge is 0.407 e. The van der Waals surface area contributed by atoms with Crippen molar-refractivity contribution in [3.05, 3.63) is 36.5 Å². The van der Waals surface area contributed by atoms with Crippen molar-refractivity contribution in [2.24, 2.45) is 0 Å². The van der Waals surface area contributed by atoms with Gasteiger partial charge < -0.3 is 19.8 Å². The number of nitrogens with zero attached hydrogens (tertiary/aromatic N) is 4. The van der Waals surface area contributed by atoms with Gasteiger partial charge in [-0.1, -0.05) is 231 Å². The summed E-state index contributed by atoms with van der Waals surface area (Å²) < 4.78 is 0. The van der Waals surface area contributed by atoms with E-state index in [9.17, 15) is 9.90 Å². The molecular weight excluding hydrogens is 845 g/mol. The number of carbonyl (C=O) groups is 1. The van der Waals surface area contributed by atoms with Gasteiger partial charge in [0.25, 0.3) is 0 Å². The van der Waals surface area contributed by atoms with Crippen molar-refractivity contribution >= 4 is 6.09 Å². The van der Waals surface area contributed by atoms with Crippen LogP contribution in [0.25, 0.3) is 0 Å². The second-order valence-electron chi connectivity index (χ2n) is 21.6. The zero-order valence-corrected chi connectivity index (χ0v) is 47.1. The highest BCUT2D eigenvalue weighted by Gasteiger charge is 2.21. The predicted octanol–water partition coefficient (Wildman–Crippen LogP) is 19.0. The number of unbranched alkanes of at least 4 members (excludes halogenated alkanes) is 36. The van der Waals surface area contributed by atoms with Gasteiger partial charge in [0.2, 0.25) is 0 Å². The standard InChI is InChI=1S/C63H122N4O2/c1-4-7-10-13-16-19-22-25-28-31-34-37-40-43-46-49-52-64(53-50-47-44-41-38-35-32-29-26-23-20-17-14-11-8-5-2)55-56-65(57-58-66-59-61-67(62-60-66)63(68)69)54-51-48-45-42-39-36-33-30-27-24-21-18-15-12-9-6-3/h25-30H,4-24,31-62H2,1-3H3,(H,68,69)/b28-25-,29-26-,30-27-. The first kappa shape index (κ1) is 65.4. The Bertz CT molecular complexity index is 1070. The fraction of sp³-hybridized carbons (Fsp3) is 0.889. The summed E-state index contributed by atoms with van der Waals surface area (Å²) in [6.07, 6.45) is 71.3. The van der Waals surface area contributed by atoms with Crippen LogP contribution in [0.3, 0.4) is 0 Å². The first-order valence-corrected chi connectivity index (χ1v) is 31.2. The van der Waals surface area contributed by atoms with Gasteiger partial charge in [0.15, 0.2) is 0 Å². The first-order valence-electron chi connectivity index (χ1n) is 31.2. The minimum absolute atomic E-state index is 0.644. The largest absolute Gasteiger partial charge is 0.465 e. The minimum Gasteiger partial charge on any atom is -0.465 e. The zero-order chi connectivity index (χ0) is 49.6. The Kier molecular flexibility index (Phi) is 51.3. The van der Waals surface area contributed by atoms with Crippen LogP contribution in [-0.4, -0.2) is 103 Å². The Hall–Kier alpha value is -1.63. The SMILES string of the molecule is CCCCCCCC/C=C\CCCCCCCCN(CCCCCCCC/C=C\CCCCCCCC)CCN(CCCCCCCC/C=C\CCCCCCCC)CCN1CCN(C(=O)O)CC1. The van der Waals surface area contributed by atoms with Crippen LogP contribution in [0, 0.1) is 0 Å². The van der Waals surface area contributed by atoms with Crippen LogP contribution >= 0.6 is 0 Å². The first-order chi connectivity index (χ1) is 34.1. The van der Waals surface area contributed by atoms with E-state index in [1.54, 1.807) is 4.90 Å². The molecule has 1 heterocycles. The minimum atomic E-state index is -0.764. The summed E-state index contributed by atoms with van der Waals surface area (Å²) in [6, 6.07) is 0. The number of allylic oxidation sites excluding steroid dienone is 6. The van der Waals surface area contributed by atoms with Crippen molar-refractivity contribution in [1.82, 2.24) is 19.6 Å². The molecule has 0 saturated carbocycles. The topological polar surface area (TPSA) is 50.3 Å². The van der Waals surface area contributed by atoms with Crippen molar-refractivity contribution < 1.29 is 9.90 Å². The van der Waals surface area contributed by atoms with Crippen LogP contribution in [0.4, 0.5) is 4.79 Å². The van der Waals surface area contributed by atoms with Crippen LogP contribution in [0.1, 0.15) is 290 Å². The van der Waals surface area contributed by atoms with Gasteiger partial charge >= 0.3 is 6.09 Å². The molecule has 406 valence electrons. The number of hydrogen-bond donors (Lipinski definition) is 1. The number of hydrogen-bond acceptors (Lipinski definition) is 4. The maximum atomic E-state index is 11.5. The van der Waals surface area contributed by atoms with Gasteiger partial charge in [-0.25, -0.2) is 4.79 Å². The molecule has 0 atom stereocenters. The van der Waals surface area contributed by atoms with Crippen molar-refractivity contribution in [2.75, 3.05) is 72.0 Å². The molecule has 0 spiro atoms. The van der Waals surface area contributed by atoms with E-state index in [1.165, 1.54) is 302 Å². The van der Waals surface area contributed by atoms with E-state index in [2.05, 4.69) is 71.9 Å². The summed E-state index contributed by atoms with van der Waals surface area (Å²) >= 11 is 0. The molecule has 0 aliphatic carbocycles. The van der Waals surface area contributed by atoms with E-state index in [4.69, 9.17) is 0 Å². The van der Waals surface area contributed by atoms with Crippen LogP contribution in [0.15, 0.2) is 36.5 Å². The van der Waals surface area contributed by atoms with Gasteiger partial charge in [-0.15, -0.1) is 0 Å². The van der Waals surface area contributed by atoms with E-state index in [0.29, 0.717) is 13.1 Å². The highest BCUT2D eigenvalue weighted by molar-refractivity contribution is 5.65. The highest BCUT2D eigenvalue weighted by Crippen LogP contribution is 2.15. The van der Waals surface area contributed by atoms with E-state index in [1.807, 2.05) is 0 Å². The maximum absolute atomic E-state index is 11.5. The Morgan fingerprint density at radius 2 is 0.580 bits per heavy atom. The van der Waals surface area contributed by atoms with Gasteiger partial charge in [0.1, 0.15) is 0 Å². The van der Waals surface area contributed by atoms with Crippen molar-refractivity contribution in [1.29, 1.82) is 0 Å². The van der Waals surface area contributed by atoms with Crippen LogP contribution in [0.2, 0.25) is 0 Å². The molecule has 1 aliphatic heterocycles. The van der Waals surface area contributed by atoms with Gasteiger partial charge in [0.05, 0.1) is 0 Å². The number of carboxylic acid groups (broad SMARTS) is 1. The normalized spacial score (nSPS) is 13.8. The van der Waals surface area contributed by atoms with Crippen LogP contribution in [0.5, 0.6) is 0 Å². The molecule has 0 bridgehead atoms. The molecule has 0 aromatic heterocycles. The Morgan fingerprint density at radius 3 is 0.855 bits per heavy atom. The lowest BCUT2D eigenvalue weighted by molar-refractivity contribution is 0.0975. The monoisotopic (exact) mass is 967 g/mol. The highest BCUT2D eigenvalue weighted by atomic mass is 16.4. The van der Waals surface area contributed by atoms with Crippen molar-refractivity contribution in [2.45, 2.75) is 290 Å². The fourth-order valence-corrected chi connectivity index (χ4v) is 10.1. The molecule has 0 unspecified atom stereocenters. The molecule has 1 N–H and O–H groups in total. The second-order valence-corrected chi connectivity index (χ2v) is 21.6. The summed E-state index contributed by atoms with van der Waals surface area (Å²) in [5.74, 6) is 0. The molecule has 6 heteroatoms. The quantitative estimate of drug-likeness (QED) is 0.0486. The average Bonchev–Trinajstić information content (AvgIpc) is 3.36. The third kappa shape index (κ3) is 47.2. The molecule has 1 rings (SSSR count). The lowest BCUT2D eigenvalue weighted by Gasteiger charge is -2.35. The van der Waals surface area contributed by atoms with Gasteiger partial charge in [-0.3, -0.25) is 4.90 Å². The molecule has 69 heavy (non-hydrogen) atoms. The van der Waals surface area contributed by atoms with Crippen LogP contribution in [-0.2, 0) is 0 Å². The number of rotatable bonds is 54. The second kappa shape index (κ2) is 54.2. The third-order valence-electron chi connectivity index (χ3n) is 15.1. The molecule has 1 aliphatic rings. The molecule has 0 aromatic carbocycles. The van der Waals surface area contributed by atoms with Crippen LogP contribution < -0.4 is 0 Å². The Morgan fingerprint density at radius 1 is 0.333 bits per heavy atom. The lowest BCUT2D eigenvalue weighted by Crippen LogP contribution is -2.50. The predicted molar refractivity (Wildman–Crippen MR) is 307 cm³/mol. The van der Waals surface area contributed by atoms with E-state index in [0.717, 1.165) is 26.2 Å². The third-order valence-corrected chi connectivity index (χ3v) is 15.1. The average molecular weight is 968 g/mol. The van der Waals surface area contributed by atoms with Crippen molar-refractivity contribution in [3.63, 3.8) is 0 Å². The van der Waals surface area contributed by atoms with Gasteiger partial charge in [0, 0.05) is 52.4 Å². The van der Waals surface area contributed by atoms with E-state index < -0.39 is 6.09 Å². The number of amides is 1. The molecule has 1 fully saturated rings. The van der Waals surface area contributed by atoms with Gasteiger partial charge in [-0.05, 0) is 116 Å². The molecule has 0 aromatic rings. The Balaban J connectivity index is 2.54. The zero-order valence-electron chi connectivity index (χ0n) is 47.1. The lowest BCUT2D eigenvalue weighted by atomic mass is 10.1. The summed E-state index contributed by atoms with van der Waals surface area (Å²) in [4.78, 5) is 21.3. The van der Waals surface area contributed by atoms with E-state index in [-0.39, 0.29) is 0 Å². The summed E-state index contributed by atoms with van der Waals surface area (Å²) in [5, 5.41) is 9.50. The Labute approximate surface area is 432 Å². The van der Waals surface area contributed by atoms with Gasteiger partial charge in [-0.2, -0.15) is 0 Å². The molecule has 1 amide bonds. The molecular formula is C63H122N4O2. The fourth-order valence-electron chi connectivity index (χ4n) is 10.1. The van der Waals surface area contributed by atoms with E-state index >= 15 is 0 Å². The molecule has 6 nitrogen and oxygen atoms in total. The molecule has 1 saturated heterocycles. The molecule has 0 radical (unpaired) electrons.